The Kier molecular flexibility index (Phi) is 6.54. The van der Waals surface area contributed by atoms with Crippen molar-refractivity contribution < 1.29 is 14.6 Å². The van der Waals surface area contributed by atoms with Gasteiger partial charge in [0.25, 0.3) is 5.91 Å². The van der Waals surface area contributed by atoms with E-state index in [0.29, 0.717) is 17.0 Å². The van der Waals surface area contributed by atoms with E-state index < -0.39 is 0 Å². The Morgan fingerprint density at radius 1 is 0.763 bits per heavy atom. The van der Waals surface area contributed by atoms with Gasteiger partial charge in [0.2, 0.25) is 0 Å². The van der Waals surface area contributed by atoms with Gasteiger partial charge in [0.1, 0.15) is 11.5 Å². The van der Waals surface area contributed by atoms with Crippen LogP contribution in [0.25, 0.3) is 16.6 Å². The highest BCUT2D eigenvalue weighted by molar-refractivity contribution is 6.04. The summed E-state index contributed by atoms with van der Waals surface area (Å²) in [5.74, 6) is 1.27. The molecule has 0 saturated carbocycles. The molecule has 1 amide bonds. The third-order valence-corrected chi connectivity index (χ3v) is 7.02. The van der Waals surface area contributed by atoms with E-state index in [1.807, 2.05) is 84.9 Å². The minimum atomic E-state index is -0.204. The molecule has 6 rings (SSSR count). The molecule has 4 aromatic carbocycles. The molecule has 0 spiro atoms. The number of hydrogen-bond donors (Lipinski definition) is 2. The smallest absolute Gasteiger partial charge is 0.255 e. The van der Waals surface area contributed by atoms with Crippen molar-refractivity contribution in [3.05, 3.63) is 115 Å². The fourth-order valence-electron chi connectivity index (χ4n) is 4.88. The maximum Gasteiger partial charge on any atom is 0.255 e. The van der Waals surface area contributed by atoms with Gasteiger partial charge in [0.15, 0.2) is 0 Å². The van der Waals surface area contributed by atoms with Crippen LogP contribution in [-0.4, -0.2) is 34.8 Å². The summed E-state index contributed by atoms with van der Waals surface area (Å²) >= 11 is 0. The number of piperidine rings is 1. The third kappa shape index (κ3) is 5.12. The number of aliphatic hydroxyl groups excluding tert-OH is 1. The molecule has 5 aromatic rings. The standard InChI is InChI=1S/C32H29N3O3/c36-28-18-20-34(21-19-28)26-9-5-24(6-10-26)32(37)33-25-7-13-29(14-8-25)38-30-15-11-27(12-16-30)35-22-17-23-3-1-2-4-31(23)35/h1-17,22,28,36H,18-21H2,(H,33,37). The highest BCUT2D eigenvalue weighted by atomic mass is 16.5. The quantitative estimate of drug-likeness (QED) is 0.273. The predicted octanol–water partition coefficient (Wildman–Crippen LogP) is 6.64. The zero-order chi connectivity index (χ0) is 25.9. The van der Waals surface area contributed by atoms with Gasteiger partial charge in [-0.05, 0) is 103 Å². The lowest BCUT2D eigenvalue weighted by Crippen LogP contribution is -2.35. The lowest BCUT2D eigenvalue weighted by atomic mass is 10.1. The van der Waals surface area contributed by atoms with Gasteiger partial charge in [-0.1, -0.05) is 18.2 Å². The molecular weight excluding hydrogens is 474 g/mol. The fourth-order valence-corrected chi connectivity index (χ4v) is 4.88. The average molecular weight is 504 g/mol. The summed E-state index contributed by atoms with van der Waals surface area (Å²) in [5, 5.41) is 13.9. The van der Waals surface area contributed by atoms with Crippen LogP contribution in [0.1, 0.15) is 23.2 Å². The molecule has 0 atom stereocenters. The van der Waals surface area contributed by atoms with E-state index in [1.54, 1.807) is 0 Å². The molecule has 1 aliphatic rings. The number of rotatable bonds is 6. The number of nitrogens with zero attached hydrogens (tertiary/aromatic N) is 2. The average Bonchev–Trinajstić information content (AvgIpc) is 3.39. The maximum absolute atomic E-state index is 12.7. The number of ether oxygens (including phenoxy) is 1. The van der Waals surface area contributed by atoms with E-state index in [1.165, 1.54) is 5.39 Å². The number of carbonyl (C=O) groups excluding carboxylic acids is 1. The van der Waals surface area contributed by atoms with Gasteiger partial charge in [-0.3, -0.25) is 4.79 Å². The molecule has 2 N–H and O–H groups in total. The lowest BCUT2D eigenvalue weighted by Gasteiger charge is -2.31. The number of anilines is 2. The Balaban J connectivity index is 1.06. The van der Waals surface area contributed by atoms with Crippen molar-refractivity contribution in [2.45, 2.75) is 18.9 Å². The van der Waals surface area contributed by atoms with Crippen molar-refractivity contribution in [2.75, 3.05) is 23.3 Å². The first kappa shape index (κ1) is 23.8. The first-order valence-electron chi connectivity index (χ1n) is 12.9. The van der Waals surface area contributed by atoms with Gasteiger partial charge in [-0.2, -0.15) is 0 Å². The van der Waals surface area contributed by atoms with Gasteiger partial charge >= 0.3 is 0 Å². The molecule has 1 aromatic heterocycles. The Morgan fingerprint density at radius 3 is 2.11 bits per heavy atom. The molecule has 0 unspecified atom stereocenters. The summed E-state index contributed by atoms with van der Waals surface area (Å²) in [5.41, 5.74) is 4.61. The SMILES string of the molecule is O=C(Nc1ccc(Oc2ccc(-n3ccc4ccccc43)cc2)cc1)c1ccc(N2CCC(O)CC2)cc1. The summed E-state index contributed by atoms with van der Waals surface area (Å²) < 4.78 is 8.17. The molecular formula is C32H29N3O3. The number of benzene rings is 4. The molecule has 1 saturated heterocycles. The van der Waals surface area contributed by atoms with Crippen molar-refractivity contribution in [1.29, 1.82) is 0 Å². The molecule has 0 aliphatic carbocycles. The highest BCUT2D eigenvalue weighted by Gasteiger charge is 2.17. The minimum absolute atomic E-state index is 0.160. The van der Waals surface area contributed by atoms with Gasteiger partial charge in [0, 0.05) is 41.9 Å². The zero-order valence-corrected chi connectivity index (χ0v) is 21.0. The van der Waals surface area contributed by atoms with Crippen molar-refractivity contribution >= 4 is 28.2 Å². The van der Waals surface area contributed by atoms with Gasteiger partial charge < -0.3 is 24.6 Å². The zero-order valence-electron chi connectivity index (χ0n) is 21.0. The summed E-state index contributed by atoms with van der Waals surface area (Å²) in [6.45, 7) is 1.66. The predicted molar refractivity (Wildman–Crippen MR) is 152 cm³/mol. The number of aromatic nitrogens is 1. The molecule has 1 fully saturated rings. The van der Waals surface area contributed by atoms with Crippen LogP contribution >= 0.6 is 0 Å². The van der Waals surface area contributed by atoms with Crippen LogP contribution in [0.2, 0.25) is 0 Å². The highest BCUT2D eigenvalue weighted by Crippen LogP contribution is 2.27. The topological polar surface area (TPSA) is 66.7 Å². The molecule has 190 valence electrons. The van der Waals surface area contributed by atoms with E-state index in [0.717, 1.165) is 48.6 Å². The molecule has 0 radical (unpaired) electrons. The molecule has 6 heteroatoms. The van der Waals surface area contributed by atoms with Crippen molar-refractivity contribution in [1.82, 2.24) is 4.57 Å². The Labute approximate surface area is 221 Å². The second-order valence-electron chi connectivity index (χ2n) is 9.58. The van der Waals surface area contributed by atoms with E-state index in [4.69, 9.17) is 4.74 Å². The lowest BCUT2D eigenvalue weighted by molar-refractivity contribution is 0.102. The second kappa shape index (κ2) is 10.4. The van der Waals surface area contributed by atoms with Crippen LogP contribution < -0.4 is 15.0 Å². The van der Waals surface area contributed by atoms with E-state index >= 15 is 0 Å². The van der Waals surface area contributed by atoms with Crippen LogP contribution in [0.5, 0.6) is 11.5 Å². The van der Waals surface area contributed by atoms with Crippen LogP contribution in [0.15, 0.2) is 109 Å². The molecule has 0 bridgehead atoms. The Hall–Kier alpha value is -4.55. The van der Waals surface area contributed by atoms with Gasteiger partial charge in [0.05, 0.1) is 11.6 Å². The van der Waals surface area contributed by atoms with Crippen molar-refractivity contribution in [3.63, 3.8) is 0 Å². The Bertz CT molecular complexity index is 1530. The van der Waals surface area contributed by atoms with Crippen LogP contribution in [-0.2, 0) is 0 Å². The first-order valence-corrected chi connectivity index (χ1v) is 12.9. The van der Waals surface area contributed by atoms with Crippen molar-refractivity contribution in [3.8, 4) is 17.2 Å². The van der Waals surface area contributed by atoms with Crippen LogP contribution in [0.3, 0.4) is 0 Å². The Morgan fingerprint density at radius 2 is 1.39 bits per heavy atom. The number of aliphatic hydroxyl groups is 1. The molecule has 6 nitrogen and oxygen atoms in total. The number of carbonyl (C=O) groups is 1. The molecule has 38 heavy (non-hydrogen) atoms. The van der Waals surface area contributed by atoms with Crippen molar-refractivity contribution in [2.24, 2.45) is 0 Å². The number of para-hydroxylation sites is 1. The van der Waals surface area contributed by atoms with Crippen LogP contribution in [0.4, 0.5) is 11.4 Å². The first-order chi connectivity index (χ1) is 18.6. The summed E-state index contributed by atoms with van der Waals surface area (Å²) in [6, 6.07) is 33.4. The van der Waals surface area contributed by atoms with E-state index in [2.05, 4.69) is 39.2 Å². The van der Waals surface area contributed by atoms with Gasteiger partial charge in [-0.15, -0.1) is 0 Å². The largest absolute Gasteiger partial charge is 0.457 e. The van der Waals surface area contributed by atoms with E-state index in [-0.39, 0.29) is 12.0 Å². The van der Waals surface area contributed by atoms with E-state index in [9.17, 15) is 9.90 Å². The third-order valence-electron chi connectivity index (χ3n) is 7.02. The summed E-state index contributed by atoms with van der Waals surface area (Å²) in [4.78, 5) is 15.0. The van der Waals surface area contributed by atoms with Gasteiger partial charge in [-0.25, -0.2) is 0 Å². The monoisotopic (exact) mass is 503 g/mol. The number of fused-ring (bicyclic) bond motifs is 1. The number of nitrogens with one attached hydrogen (secondary N) is 1. The molecule has 1 aliphatic heterocycles. The maximum atomic E-state index is 12.7. The second-order valence-corrected chi connectivity index (χ2v) is 9.58. The summed E-state index contributed by atoms with van der Waals surface area (Å²) in [7, 11) is 0. The summed E-state index contributed by atoms with van der Waals surface area (Å²) in [6.07, 6.45) is 3.42. The fraction of sp³-hybridized carbons (Fsp3) is 0.156. The molecule has 2 heterocycles. The number of amides is 1. The van der Waals surface area contributed by atoms with Crippen LogP contribution in [0, 0.1) is 0 Å². The normalized spacial score (nSPS) is 14.0. The number of hydrogen-bond acceptors (Lipinski definition) is 4. The minimum Gasteiger partial charge on any atom is -0.457 e.